The first-order valence-corrected chi connectivity index (χ1v) is 10.1. The highest BCUT2D eigenvalue weighted by atomic mass is 32.1. The normalized spacial score (nSPS) is 18.3. The predicted molar refractivity (Wildman–Crippen MR) is 102 cm³/mol. The summed E-state index contributed by atoms with van der Waals surface area (Å²) in [5.41, 5.74) is 3.90. The summed E-state index contributed by atoms with van der Waals surface area (Å²) in [6.45, 7) is 4.86. The molecule has 1 amide bonds. The van der Waals surface area contributed by atoms with Gasteiger partial charge in [0.05, 0.1) is 6.42 Å². The maximum Gasteiger partial charge on any atom is 0.229 e. The van der Waals surface area contributed by atoms with Gasteiger partial charge in [0.2, 0.25) is 5.91 Å². The van der Waals surface area contributed by atoms with Gasteiger partial charge in [0, 0.05) is 42.4 Å². The second-order valence-electron chi connectivity index (χ2n) is 7.10. The van der Waals surface area contributed by atoms with Crippen molar-refractivity contribution in [1.29, 1.82) is 0 Å². The number of carbonyl (C=O) groups is 1. The van der Waals surface area contributed by atoms with Gasteiger partial charge in [0.1, 0.15) is 5.01 Å². The number of benzene rings is 1. The lowest BCUT2D eigenvalue weighted by molar-refractivity contribution is -0.131. The Kier molecular flexibility index (Phi) is 4.75. The van der Waals surface area contributed by atoms with Gasteiger partial charge in [0.25, 0.3) is 0 Å². The van der Waals surface area contributed by atoms with Gasteiger partial charge in [-0.25, -0.2) is 4.98 Å². The molecule has 0 bridgehead atoms. The monoisotopic (exact) mass is 355 g/mol. The van der Waals surface area contributed by atoms with Crippen LogP contribution in [0.2, 0.25) is 0 Å². The fourth-order valence-electron chi connectivity index (χ4n) is 4.09. The number of para-hydroxylation sites is 1. The Morgan fingerprint density at radius 3 is 2.80 bits per heavy atom. The average molecular weight is 356 g/mol. The molecule has 25 heavy (non-hydrogen) atoms. The Balaban J connectivity index is 1.36. The van der Waals surface area contributed by atoms with Crippen LogP contribution < -0.4 is 4.90 Å². The van der Waals surface area contributed by atoms with Gasteiger partial charge in [-0.05, 0) is 44.2 Å². The third-order valence-electron chi connectivity index (χ3n) is 5.37. The van der Waals surface area contributed by atoms with Crippen LogP contribution in [0.1, 0.15) is 35.5 Å². The van der Waals surface area contributed by atoms with E-state index in [0.717, 1.165) is 43.2 Å². The standard InChI is InChI=1S/C20H25N3OS/c1-15-14-25-19(21-15)13-20(24)22-11-8-17(9-12-22)23-10-4-6-16-5-2-3-7-18(16)23/h2-3,5,7,14,17H,4,6,8-13H2,1H3. The van der Waals surface area contributed by atoms with E-state index >= 15 is 0 Å². The number of hydrogen-bond acceptors (Lipinski definition) is 4. The Bertz CT molecular complexity index is 749. The number of aryl methyl sites for hydroxylation is 2. The minimum atomic E-state index is 0.229. The number of likely N-dealkylation sites (tertiary alicyclic amines) is 1. The number of hydrogen-bond donors (Lipinski definition) is 0. The highest BCUT2D eigenvalue weighted by molar-refractivity contribution is 7.09. The number of carbonyl (C=O) groups excluding carboxylic acids is 1. The molecule has 1 fully saturated rings. The highest BCUT2D eigenvalue weighted by Gasteiger charge is 2.29. The summed E-state index contributed by atoms with van der Waals surface area (Å²) in [6.07, 6.45) is 5.01. The maximum atomic E-state index is 12.5. The lowest BCUT2D eigenvalue weighted by Crippen LogP contribution is -2.48. The topological polar surface area (TPSA) is 36.4 Å². The van der Waals surface area contributed by atoms with Crippen LogP contribution in [0.4, 0.5) is 5.69 Å². The number of anilines is 1. The molecule has 1 aromatic heterocycles. The SMILES string of the molecule is Cc1csc(CC(=O)N2CCC(N3CCCc4ccccc43)CC2)n1. The van der Waals surface area contributed by atoms with Crippen LogP contribution in [0.25, 0.3) is 0 Å². The lowest BCUT2D eigenvalue weighted by Gasteiger charge is -2.42. The van der Waals surface area contributed by atoms with Gasteiger partial charge in [-0.3, -0.25) is 4.79 Å². The smallest absolute Gasteiger partial charge is 0.229 e. The summed E-state index contributed by atoms with van der Waals surface area (Å²) >= 11 is 1.59. The predicted octanol–water partition coefficient (Wildman–Crippen LogP) is 3.44. The van der Waals surface area contributed by atoms with Crippen LogP contribution >= 0.6 is 11.3 Å². The zero-order valence-electron chi connectivity index (χ0n) is 14.8. The van der Waals surface area contributed by atoms with Crippen LogP contribution in [0, 0.1) is 6.92 Å². The Morgan fingerprint density at radius 1 is 1.24 bits per heavy atom. The second-order valence-corrected chi connectivity index (χ2v) is 8.04. The Hall–Kier alpha value is -1.88. The van der Waals surface area contributed by atoms with Crippen LogP contribution in [0.3, 0.4) is 0 Å². The number of nitrogens with zero attached hydrogens (tertiary/aromatic N) is 3. The molecule has 132 valence electrons. The van der Waals surface area contributed by atoms with Crippen LogP contribution in [-0.4, -0.2) is 41.5 Å². The molecule has 0 N–H and O–H groups in total. The van der Waals surface area contributed by atoms with Crippen molar-refractivity contribution in [2.45, 2.75) is 45.1 Å². The zero-order valence-corrected chi connectivity index (χ0v) is 15.6. The number of rotatable bonds is 3. The molecule has 2 aliphatic heterocycles. The van der Waals surface area contributed by atoms with Gasteiger partial charge in [-0.2, -0.15) is 0 Å². The molecule has 4 nitrogen and oxygen atoms in total. The highest BCUT2D eigenvalue weighted by Crippen LogP contribution is 2.31. The summed E-state index contributed by atoms with van der Waals surface area (Å²) in [7, 11) is 0. The number of piperidine rings is 1. The molecular weight excluding hydrogens is 330 g/mol. The minimum Gasteiger partial charge on any atom is -0.368 e. The Morgan fingerprint density at radius 2 is 2.04 bits per heavy atom. The molecule has 0 atom stereocenters. The van der Waals surface area contributed by atoms with Crippen LogP contribution in [0.5, 0.6) is 0 Å². The van der Waals surface area contributed by atoms with Gasteiger partial charge in [-0.1, -0.05) is 18.2 Å². The molecule has 0 spiro atoms. The molecule has 0 unspecified atom stereocenters. The van der Waals surface area contributed by atoms with Crippen molar-refractivity contribution in [2.24, 2.45) is 0 Å². The first kappa shape index (κ1) is 16.6. The van der Waals surface area contributed by atoms with E-state index in [1.807, 2.05) is 17.2 Å². The van der Waals surface area contributed by atoms with Gasteiger partial charge >= 0.3 is 0 Å². The second kappa shape index (κ2) is 7.16. The fraction of sp³-hybridized carbons (Fsp3) is 0.500. The van der Waals surface area contributed by atoms with E-state index in [-0.39, 0.29) is 5.91 Å². The van der Waals surface area contributed by atoms with Crippen molar-refractivity contribution in [2.75, 3.05) is 24.5 Å². The minimum absolute atomic E-state index is 0.229. The third kappa shape index (κ3) is 3.56. The summed E-state index contributed by atoms with van der Waals surface area (Å²) in [4.78, 5) is 21.6. The zero-order chi connectivity index (χ0) is 17.2. The van der Waals surface area contributed by atoms with E-state index in [1.165, 1.54) is 24.1 Å². The molecule has 2 aliphatic rings. The van der Waals surface area contributed by atoms with E-state index in [2.05, 4.69) is 34.1 Å². The average Bonchev–Trinajstić information content (AvgIpc) is 3.06. The molecule has 0 aliphatic carbocycles. The molecule has 1 aromatic carbocycles. The quantitative estimate of drug-likeness (QED) is 0.846. The molecule has 4 rings (SSSR count). The summed E-state index contributed by atoms with van der Waals surface area (Å²) in [6, 6.07) is 9.37. The van der Waals surface area contributed by atoms with E-state index in [4.69, 9.17) is 0 Å². The van der Waals surface area contributed by atoms with Gasteiger partial charge < -0.3 is 9.80 Å². The van der Waals surface area contributed by atoms with E-state index < -0.39 is 0 Å². The summed E-state index contributed by atoms with van der Waals surface area (Å²) < 4.78 is 0. The van der Waals surface area contributed by atoms with Crippen LogP contribution in [-0.2, 0) is 17.6 Å². The summed E-state index contributed by atoms with van der Waals surface area (Å²) in [5.74, 6) is 0.229. The number of aromatic nitrogens is 1. The van der Waals surface area contributed by atoms with Crippen molar-refractivity contribution in [3.8, 4) is 0 Å². The van der Waals surface area contributed by atoms with Gasteiger partial charge in [0.15, 0.2) is 0 Å². The Labute approximate surface area is 153 Å². The van der Waals surface area contributed by atoms with Crippen molar-refractivity contribution in [3.05, 3.63) is 45.9 Å². The third-order valence-corrected chi connectivity index (χ3v) is 6.34. The molecule has 1 saturated heterocycles. The van der Waals surface area contributed by atoms with Crippen LogP contribution in [0.15, 0.2) is 29.6 Å². The lowest BCUT2D eigenvalue weighted by atomic mass is 9.96. The number of amides is 1. The largest absolute Gasteiger partial charge is 0.368 e. The van der Waals surface area contributed by atoms with Crippen molar-refractivity contribution in [1.82, 2.24) is 9.88 Å². The molecule has 5 heteroatoms. The van der Waals surface area contributed by atoms with E-state index in [0.29, 0.717) is 12.5 Å². The van der Waals surface area contributed by atoms with Crippen molar-refractivity contribution < 1.29 is 4.79 Å². The van der Waals surface area contributed by atoms with E-state index in [1.54, 1.807) is 11.3 Å². The van der Waals surface area contributed by atoms with Crippen molar-refractivity contribution in [3.63, 3.8) is 0 Å². The maximum absolute atomic E-state index is 12.5. The first-order chi connectivity index (χ1) is 12.2. The number of fused-ring (bicyclic) bond motifs is 1. The molecular formula is C20H25N3OS. The molecule has 2 aromatic rings. The molecule has 3 heterocycles. The van der Waals surface area contributed by atoms with E-state index in [9.17, 15) is 4.79 Å². The van der Waals surface area contributed by atoms with Crippen molar-refractivity contribution >= 4 is 22.9 Å². The molecule has 0 radical (unpaired) electrons. The summed E-state index contributed by atoms with van der Waals surface area (Å²) in [5, 5.41) is 2.96. The first-order valence-electron chi connectivity index (χ1n) is 9.24. The van der Waals surface area contributed by atoms with Gasteiger partial charge in [-0.15, -0.1) is 11.3 Å². The fourth-order valence-corrected chi connectivity index (χ4v) is 4.86. The molecule has 0 saturated carbocycles. The number of thiazole rings is 1.